The summed E-state index contributed by atoms with van der Waals surface area (Å²) in [6.07, 6.45) is 2.00. The Balaban J connectivity index is 2.42. The maximum Gasteiger partial charge on any atom is 0.277 e. The first-order valence-corrected chi connectivity index (χ1v) is 6.08. The Morgan fingerprint density at radius 2 is 2.31 bits per heavy atom. The number of nitrogens with zero attached hydrogens (tertiary/aromatic N) is 2. The second-order valence-electron chi connectivity index (χ2n) is 2.11. The Morgan fingerprint density at radius 1 is 1.46 bits per heavy atom. The summed E-state index contributed by atoms with van der Waals surface area (Å²) in [5.74, 6) is 7.88. The molecule has 0 aromatic carbocycles. The van der Waals surface area contributed by atoms with Gasteiger partial charge in [0.2, 0.25) is 5.89 Å². The van der Waals surface area contributed by atoms with Crippen molar-refractivity contribution < 1.29 is 4.42 Å². The average molecular weight is 214 g/mol. The number of hydrogen-bond acceptors (Lipinski definition) is 5. The molecule has 70 valence electrons. The second kappa shape index (κ2) is 5.95. The number of hydrogen-bond donors (Lipinski definition) is 0. The molecule has 5 heteroatoms. The van der Waals surface area contributed by atoms with Crippen LogP contribution in [0.4, 0.5) is 0 Å². The van der Waals surface area contributed by atoms with Crippen LogP contribution >= 0.6 is 23.5 Å². The summed E-state index contributed by atoms with van der Waals surface area (Å²) in [5, 5.41) is 8.35. The zero-order valence-electron chi connectivity index (χ0n) is 7.53. The number of thioether (sulfide) groups is 2. The van der Waals surface area contributed by atoms with Crippen molar-refractivity contribution in [3.8, 4) is 11.8 Å². The van der Waals surface area contributed by atoms with Crippen LogP contribution in [-0.4, -0.2) is 22.2 Å². The molecule has 0 saturated carbocycles. The normalized spacial score (nSPS) is 9.38. The van der Waals surface area contributed by atoms with Crippen LogP contribution in [0, 0.1) is 11.8 Å². The van der Waals surface area contributed by atoms with E-state index in [0.29, 0.717) is 16.9 Å². The van der Waals surface area contributed by atoms with Crippen LogP contribution in [0.5, 0.6) is 0 Å². The van der Waals surface area contributed by atoms with Crippen LogP contribution in [0.3, 0.4) is 0 Å². The van der Waals surface area contributed by atoms with Gasteiger partial charge in [-0.05, 0) is 13.2 Å². The topological polar surface area (TPSA) is 38.9 Å². The van der Waals surface area contributed by atoms with Crippen molar-refractivity contribution in [3.05, 3.63) is 5.89 Å². The van der Waals surface area contributed by atoms with Crippen LogP contribution in [0.25, 0.3) is 0 Å². The zero-order chi connectivity index (χ0) is 9.52. The van der Waals surface area contributed by atoms with E-state index in [2.05, 4.69) is 22.0 Å². The smallest absolute Gasteiger partial charge is 0.277 e. The number of aromatic nitrogens is 2. The highest BCUT2D eigenvalue weighted by molar-refractivity contribution is 7.99. The van der Waals surface area contributed by atoms with Gasteiger partial charge in [0.15, 0.2) is 0 Å². The fourth-order valence-electron chi connectivity index (χ4n) is 0.648. The molecule has 0 N–H and O–H groups in total. The third-order valence-electron chi connectivity index (χ3n) is 1.16. The van der Waals surface area contributed by atoms with Gasteiger partial charge in [0.1, 0.15) is 0 Å². The van der Waals surface area contributed by atoms with Gasteiger partial charge >= 0.3 is 0 Å². The van der Waals surface area contributed by atoms with E-state index < -0.39 is 0 Å². The fourth-order valence-corrected chi connectivity index (χ4v) is 1.61. The molecule has 1 aromatic rings. The second-order valence-corrected chi connectivity index (χ2v) is 3.90. The summed E-state index contributed by atoms with van der Waals surface area (Å²) in [6.45, 7) is 1.81. The van der Waals surface area contributed by atoms with E-state index in [-0.39, 0.29) is 0 Å². The summed E-state index contributed by atoms with van der Waals surface area (Å²) < 4.78 is 5.32. The maximum absolute atomic E-state index is 5.32. The highest BCUT2D eigenvalue weighted by atomic mass is 32.2. The maximum atomic E-state index is 5.32. The summed E-state index contributed by atoms with van der Waals surface area (Å²) in [4.78, 5) is 0. The SMILES string of the molecule is CC#CCSc1nnc(CSC)o1. The van der Waals surface area contributed by atoms with Crippen LogP contribution < -0.4 is 0 Å². The molecule has 1 rings (SSSR count). The third-order valence-corrected chi connectivity index (χ3v) is 2.40. The van der Waals surface area contributed by atoms with E-state index in [0.717, 1.165) is 5.75 Å². The zero-order valence-corrected chi connectivity index (χ0v) is 9.17. The van der Waals surface area contributed by atoms with E-state index >= 15 is 0 Å². The van der Waals surface area contributed by atoms with Crippen molar-refractivity contribution in [3.63, 3.8) is 0 Å². The lowest BCUT2D eigenvalue weighted by Crippen LogP contribution is -1.77. The first kappa shape index (κ1) is 10.5. The summed E-state index contributed by atoms with van der Waals surface area (Å²) in [5.41, 5.74) is 0. The van der Waals surface area contributed by atoms with Crippen LogP contribution in [0.1, 0.15) is 12.8 Å². The average Bonchev–Trinajstić information content (AvgIpc) is 2.54. The monoisotopic (exact) mass is 214 g/mol. The van der Waals surface area contributed by atoms with E-state index in [1.807, 2.05) is 13.2 Å². The molecule has 0 spiro atoms. The molecule has 0 bridgehead atoms. The van der Waals surface area contributed by atoms with E-state index in [1.165, 1.54) is 11.8 Å². The van der Waals surface area contributed by atoms with Gasteiger partial charge in [0, 0.05) is 0 Å². The van der Waals surface area contributed by atoms with Gasteiger partial charge in [-0.1, -0.05) is 17.7 Å². The molecule has 0 amide bonds. The van der Waals surface area contributed by atoms with Gasteiger partial charge in [-0.3, -0.25) is 0 Å². The summed E-state index contributed by atoms with van der Waals surface area (Å²) >= 11 is 3.13. The van der Waals surface area contributed by atoms with Crippen LogP contribution in [-0.2, 0) is 5.75 Å². The molecular formula is C8H10N2OS2. The minimum Gasteiger partial charge on any atom is -0.415 e. The van der Waals surface area contributed by atoms with Crippen molar-refractivity contribution in [1.29, 1.82) is 0 Å². The molecule has 0 unspecified atom stereocenters. The molecule has 1 aromatic heterocycles. The number of rotatable bonds is 4. The highest BCUT2D eigenvalue weighted by Crippen LogP contribution is 2.17. The van der Waals surface area contributed by atoms with Crippen molar-refractivity contribution in [2.75, 3.05) is 12.0 Å². The molecular weight excluding hydrogens is 204 g/mol. The Labute approximate surface area is 86.1 Å². The standard InChI is InChI=1S/C8H10N2OS2/c1-3-4-5-13-8-10-9-7(11-8)6-12-2/h5-6H2,1-2H3. The predicted molar refractivity (Wildman–Crippen MR) is 55.7 cm³/mol. The van der Waals surface area contributed by atoms with Gasteiger partial charge in [-0.2, -0.15) is 11.8 Å². The van der Waals surface area contributed by atoms with Gasteiger partial charge < -0.3 is 4.42 Å². The minimum absolute atomic E-state index is 0.604. The molecule has 0 aliphatic carbocycles. The van der Waals surface area contributed by atoms with E-state index in [1.54, 1.807) is 11.8 Å². The molecule has 0 fully saturated rings. The summed E-state index contributed by atoms with van der Waals surface area (Å²) in [7, 11) is 0. The highest BCUT2D eigenvalue weighted by Gasteiger charge is 2.04. The molecule has 1 heterocycles. The minimum atomic E-state index is 0.604. The van der Waals surface area contributed by atoms with Crippen LogP contribution in [0.15, 0.2) is 9.64 Å². The van der Waals surface area contributed by atoms with Crippen molar-refractivity contribution in [2.45, 2.75) is 17.9 Å². The fraction of sp³-hybridized carbons (Fsp3) is 0.500. The lowest BCUT2D eigenvalue weighted by molar-refractivity contribution is 0.427. The van der Waals surface area contributed by atoms with Gasteiger partial charge in [-0.15, -0.1) is 16.1 Å². The van der Waals surface area contributed by atoms with Crippen molar-refractivity contribution in [1.82, 2.24) is 10.2 Å². The lowest BCUT2D eigenvalue weighted by Gasteiger charge is -1.87. The van der Waals surface area contributed by atoms with E-state index in [9.17, 15) is 0 Å². The van der Waals surface area contributed by atoms with Crippen molar-refractivity contribution in [2.24, 2.45) is 0 Å². The first-order chi connectivity index (χ1) is 6.36. The Kier molecular flexibility index (Phi) is 4.79. The van der Waals surface area contributed by atoms with Gasteiger partial charge in [0.25, 0.3) is 5.22 Å². The molecule has 0 saturated heterocycles. The molecule has 3 nitrogen and oxygen atoms in total. The molecule has 0 aliphatic rings. The van der Waals surface area contributed by atoms with Crippen LogP contribution in [0.2, 0.25) is 0 Å². The van der Waals surface area contributed by atoms with E-state index in [4.69, 9.17) is 4.42 Å². The lowest BCUT2D eigenvalue weighted by atomic mass is 10.7. The molecule has 0 radical (unpaired) electrons. The summed E-state index contributed by atoms with van der Waals surface area (Å²) in [6, 6.07) is 0. The quantitative estimate of drug-likeness (QED) is 0.566. The Morgan fingerprint density at radius 3 is 3.00 bits per heavy atom. The molecule has 13 heavy (non-hydrogen) atoms. The predicted octanol–water partition coefficient (Wildman–Crippen LogP) is 2.05. The molecule has 0 aliphatic heterocycles. The van der Waals surface area contributed by atoms with Gasteiger partial charge in [-0.25, -0.2) is 0 Å². The Hall–Kier alpha value is -0.600. The van der Waals surface area contributed by atoms with Gasteiger partial charge in [0.05, 0.1) is 11.5 Å². The third kappa shape index (κ3) is 3.75. The molecule has 0 atom stereocenters. The Bertz CT molecular complexity index is 313. The first-order valence-electron chi connectivity index (χ1n) is 3.70. The van der Waals surface area contributed by atoms with Crippen molar-refractivity contribution >= 4 is 23.5 Å². The largest absolute Gasteiger partial charge is 0.415 e.